The molecule has 2 N–H and O–H groups in total. The third-order valence-electron chi connectivity index (χ3n) is 11.0. The first-order valence-electron chi connectivity index (χ1n) is 20.6. The van der Waals surface area contributed by atoms with Crippen LogP contribution >= 0.6 is 0 Å². The molecule has 0 bridgehead atoms. The molecule has 0 unspecified atom stereocenters. The largest absolute Gasteiger partial charge is 0.457 e. The highest BCUT2D eigenvalue weighted by molar-refractivity contribution is 8.11. The van der Waals surface area contributed by atoms with Crippen LogP contribution < -0.4 is 4.74 Å². The molecular weight excluding hydrogens is 831 g/mol. The number of ketones is 3. The predicted molar refractivity (Wildman–Crippen MR) is 248 cm³/mol. The summed E-state index contributed by atoms with van der Waals surface area (Å²) in [5, 5.41) is 0. The van der Waals surface area contributed by atoms with Crippen molar-refractivity contribution in [2.75, 3.05) is 0 Å². The number of carbonyl (C=O) groups excluding carboxylic acids is 3. The summed E-state index contributed by atoms with van der Waals surface area (Å²) in [4.78, 5) is 41.2. The van der Waals surface area contributed by atoms with Crippen LogP contribution in [0.25, 0.3) is 22.3 Å². The summed E-state index contributed by atoms with van der Waals surface area (Å²) in [6.07, 6.45) is 0.522. The molecule has 0 heterocycles. The van der Waals surface area contributed by atoms with E-state index in [0.29, 0.717) is 68.0 Å². The van der Waals surface area contributed by atoms with E-state index in [1.54, 1.807) is 72.8 Å². The molecule has 0 aliphatic carbocycles. The zero-order valence-electron chi connectivity index (χ0n) is 36.3. The number of hydrogen-bond donors (Lipinski definition) is 2. The van der Waals surface area contributed by atoms with Gasteiger partial charge in [-0.15, -0.1) is 0 Å². The molecule has 0 amide bonds. The minimum absolute atomic E-state index is 0.130. The molecule has 0 spiro atoms. The fraction of sp³-hybridized carbons (Fsp3) is 0.167. The Hall–Kier alpha value is -6.72. The van der Waals surface area contributed by atoms with Gasteiger partial charge < -0.3 is 13.8 Å². The lowest BCUT2D eigenvalue weighted by atomic mass is 9.85. The summed E-state index contributed by atoms with van der Waals surface area (Å²) in [5.74, 6) is -0.870. The number of hydrogen-bond acceptors (Lipinski definition) is 5. The highest BCUT2D eigenvalue weighted by Gasteiger charge is 2.46. The van der Waals surface area contributed by atoms with Gasteiger partial charge in [-0.1, -0.05) is 81.4 Å². The molecule has 0 fully saturated rings. The molecule has 0 saturated carbocycles. The molecular formula is C54H48F2O7S. The average molecular weight is 879 g/mol. The lowest BCUT2D eigenvalue weighted by molar-refractivity contribution is 0.103. The Bertz CT molecular complexity index is 2960. The molecule has 326 valence electrons. The molecule has 0 aliphatic heterocycles. The van der Waals surface area contributed by atoms with Crippen molar-refractivity contribution in [3.63, 3.8) is 0 Å². The van der Waals surface area contributed by atoms with Gasteiger partial charge in [0, 0.05) is 33.4 Å². The Labute approximate surface area is 371 Å². The standard InChI is InChI=1S/C54H48F2O7S/c1-53(2,3)33-42-31-41(20-30-49(42)63-45-25-27-46(28-26-45)64(60,61,62)54(4,5)6)52(59)48-32-40(34-7-11-36(12-8-34)50(57)38-15-21-43(55)22-16-38)19-29-47(48)35-9-13-37(14-10-35)51(58)39-17-23-44(56)24-18-39/h7-32H,33H2,1-6H3,(H2,60,61,62). The fourth-order valence-corrected chi connectivity index (χ4v) is 8.57. The number of carbonyl (C=O) groups is 3. The quantitative estimate of drug-likeness (QED) is 0.117. The third-order valence-corrected chi connectivity index (χ3v) is 14.4. The van der Waals surface area contributed by atoms with E-state index in [1.807, 2.05) is 12.1 Å². The normalized spacial score (nSPS) is 12.6. The van der Waals surface area contributed by atoms with Gasteiger partial charge in [-0.25, -0.2) is 13.0 Å². The fourth-order valence-electron chi connectivity index (χ4n) is 7.23. The van der Waals surface area contributed by atoms with E-state index in [1.165, 1.54) is 93.6 Å². The summed E-state index contributed by atoms with van der Waals surface area (Å²) < 4.78 is 67.1. The van der Waals surface area contributed by atoms with Crippen LogP contribution in [0.3, 0.4) is 0 Å². The van der Waals surface area contributed by atoms with E-state index >= 15 is 0 Å². The monoisotopic (exact) mass is 878 g/mol. The smallest absolute Gasteiger partial charge is 0.193 e. The SMILES string of the molecule is CC(C)(C)Cc1cc(C(=O)c2cc(-c3ccc(C(=O)c4ccc(F)cc4)cc3)ccc2-c2ccc(C(=O)c3ccc(F)cc3)cc2)ccc1Oc1ccc(S(=O)(O)(O)C(C)(C)C)cc1. The van der Waals surface area contributed by atoms with Crippen molar-refractivity contribution in [1.29, 1.82) is 0 Å². The van der Waals surface area contributed by atoms with E-state index in [0.717, 1.165) is 11.1 Å². The van der Waals surface area contributed by atoms with Gasteiger partial charge in [0.1, 0.15) is 32.8 Å². The molecule has 0 atom stereocenters. The van der Waals surface area contributed by atoms with Gasteiger partial charge in [0.2, 0.25) is 0 Å². The van der Waals surface area contributed by atoms with Crippen molar-refractivity contribution in [1.82, 2.24) is 0 Å². The number of rotatable bonds is 12. The van der Waals surface area contributed by atoms with Gasteiger partial charge in [0.25, 0.3) is 0 Å². The Morgan fingerprint density at radius 2 is 0.953 bits per heavy atom. The lowest BCUT2D eigenvalue weighted by Crippen LogP contribution is -2.49. The van der Waals surface area contributed by atoms with Crippen LogP contribution in [0.1, 0.15) is 94.9 Å². The summed E-state index contributed by atoms with van der Waals surface area (Å²) in [6, 6.07) is 41.0. The van der Waals surface area contributed by atoms with Crippen molar-refractivity contribution >= 4 is 27.0 Å². The van der Waals surface area contributed by atoms with Crippen LogP contribution in [0.2, 0.25) is 0 Å². The predicted octanol–water partition coefficient (Wildman–Crippen LogP) is 13.3. The second-order valence-electron chi connectivity index (χ2n) is 18.0. The van der Waals surface area contributed by atoms with Crippen LogP contribution in [0.15, 0.2) is 163 Å². The topological polar surface area (TPSA) is 118 Å². The lowest BCUT2D eigenvalue weighted by Gasteiger charge is -2.42. The van der Waals surface area contributed by atoms with Crippen molar-refractivity contribution < 1.29 is 41.2 Å². The molecule has 7 aromatic rings. The second kappa shape index (κ2) is 17.1. The molecule has 7 nitrogen and oxygen atoms in total. The Morgan fingerprint density at radius 3 is 1.42 bits per heavy atom. The number of halogens is 2. The van der Waals surface area contributed by atoms with Gasteiger partial charge in [0.05, 0.1) is 9.64 Å². The van der Waals surface area contributed by atoms with E-state index < -0.39 is 26.0 Å². The zero-order chi connectivity index (χ0) is 46.2. The highest BCUT2D eigenvalue weighted by Crippen LogP contribution is 2.42. The van der Waals surface area contributed by atoms with Crippen molar-refractivity contribution in [3.8, 4) is 33.8 Å². The first-order valence-corrected chi connectivity index (χ1v) is 22.5. The van der Waals surface area contributed by atoms with Crippen LogP contribution in [0.5, 0.6) is 11.5 Å². The van der Waals surface area contributed by atoms with Gasteiger partial charge in [-0.2, -0.15) is 0 Å². The van der Waals surface area contributed by atoms with Crippen molar-refractivity contribution in [2.45, 2.75) is 57.6 Å². The molecule has 0 aromatic heterocycles. The van der Waals surface area contributed by atoms with Crippen LogP contribution in [-0.2, 0) is 16.0 Å². The molecule has 7 aromatic carbocycles. The van der Waals surface area contributed by atoms with Gasteiger partial charge in [-0.05, 0) is 157 Å². The maximum Gasteiger partial charge on any atom is 0.193 e. The third kappa shape index (κ3) is 9.60. The van der Waals surface area contributed by atoms with Gasteiger partial charge in [-0.3, -0.25) is 14.4 Å². The van der Waals surface area contributed by atoms with Crippen LogP contribution in [-0.4, -0.2) is 35.4 Å². The van der Waals surface area contributed by atoms with Gasteiger partial charge in [0.15, 0.2) is 17.3 Å². The van der Waals surface area contributed by atoms with E-state index in [4.69, 9.17) is 4.74 Å². The molecule has 64 heavy (non-hydrogen) atoms. The minimum atomic E-state index is -5.18. The minimum Gasteiger partial charge on any atom is -0.457 e. The van der Waals surface area contributed by atoms with Crippen molar-refractivity contribution in [3.05, 3.63) is 208 Å². The van der Waals surface area contributed by atoms with Crippen LogP contribution in [0.4, 0.5) is 8.78 Å². The first kappa shape index (κ1) is 45.3. The van der Waals surface area contributed by atoms with E-state index in [2.05, 4.69) is 20.8 Å². The van der Waals surface area contributed by atoms with E-state index in [-0.39, 0.29) is 27.7 Å². The summed E-state index contributed by atoms with van der Waals surface area (Å²) in [6.45, 7) is 10.7. The van der Waals surface area contributed by atoms with E-state index in [9.17, 15) is 36.5 Å². The van der Waals surface area contributed by atoms with Crippen molar-refractivity contribution in [2.24, 2.45) is 5.41 Å². The number of benzene rings is 7. The highest BCUT2D eigenvalue weighted by atomic mass is 32.3. The molecule has 0 aliphatic rings. The first-order chi connectivity index (χ1) is 30.1. The number of ether oxygens (including phenoxy) is 1. The molecule has 7 rings (SSSR count). The van der Waals surface area contributed by atoms with Gasteiger partial charge >= 0.3 is 0 Å². The maximum atomic E-state index is 14.9. The summed E-state index contributed by atoms with van der Waals surface area (Å²) in [7, 11) is -5.18. The Kier molecular flexibility index (Phi) is 12.1. The molecule has 0 radical (unpaired) electrons. The second-order valence-corrected chi connectivity index (χ2v) is 21.5. The Morgan fingerprint density at radius 1 is 0.516 bits per heavy atom. The summed E-state index contributed by atoms with van der Waals surface area (Å²) >= 11 is 0. The Balaban J connectivity index is 1.26. The maximum absolute atomic E-state index is 14.9. The zero-order valence-corrected chi connectivity index (χ0v) is 37.1. The van der Waals surface area contributed by atoms with Crippen LogP contribution in [0, 0.1) is 17.0 Å². The average Bonchev–Trinajstić information content (AvgIpc) is 3.26. The summed E-state index contributed by atoms with van der Waals surface area (Å²) in [5.41, 5.74) is 5.50. The molecule has 0 saturated heterocycles. The molecule has 10 heteroatoms.